The van der Waals surface area contributed by atoms with E-state index in [1.807, 2.05) is 121 Å². The Kier molecular flexibility index (Phi) is 18.5. The summed E-state index contributed by atoms with van der Waals surface area (Å²) in [5, 5.41) is 18.8. The number of aromatic amines is 1. The van der Waals surface area contributed by atoms with Gasteiger partial charge in [-0.2, -0.15) is 0 Å². The van der Waals surface area contributed by atoms with Gasteiger partial charge in [-0.05, 0) is 64.4 Å². The lowest BCUT2D eigenvalue weighted by atomic mass is 9.91. The first-order chi connectivity index (χ1) is 40.0. The van der Waals surface area contributed by atoms with Crippen LogP contribution in [0.5, 0.6) is 5.75 Å². The second-order valence-electron chi connectivity index (χ2n) is 21.4. The topological polar surface area (TPSA) is 262 Å². The van der Waals surface area contributed by atoms with Crippen molar-refractivity contribution in [3.63, 3.8) is 0 Å². The number of carbonyl (C=O) groups excluding carboxylic acids is 7. The van der Waals surface area contributed by atoms with Gasteiger partial charge >= 0.3 is 6.09 Å². The molecule has 428 valence electrons. The second kappa shape index (κ2) is 26.8. The Morgan fingerprint density at radius 2 is 1.27 bits per heavy atom. The summed E-state index contributed by atoms with van der Waals surface area (Å²) in [6, 6.07) is 33.9. The van der Waals surface area contributed by atoms with Gasteiger partial charge in [-0.3, -0.25) is 33.7 Å². The predicted molar refractivity (Wildman–Crippen MR) is 307 cm³/mol. The van der Waals surface area contributed by atoms with Crippen LogP contribution < -0.4 is 42.4 Å². The maximum Gasteiger partial charge on any atom is 0.407 e. The van der Waals surface area contributed by atoms with E-state index in [2.05, 4.69) is 41.8 Å². The highest BCUT2D eigenvalue weighted by atomic mass is 16.6. The van der Waals surface area contributed by atoms with Crippen LogP contribution in [-0.2, 0) is 72.3 Å². The monoisotopic (exact) mass is 1110 g/mol. The van der Waals surface area contributed by atoms with E-state index in [9.17, 15) is 4.79 Å². The smallest absolute Gasteiger partial charge is 0.407 e. The van der Waals surface area contributed by atoms with E-state index in [0.29, 0.717) is 56.1 Å². The number of aryl methyl sites for hydroxylation is 1. The quantitative estimate of drug-likeness (QED) is 0.0739. The van der Waals surface area contributed by atoms with E-state index >= 15 is 28.8 Å². The lowest BCUT2D eigenvalue weighted by Gasteiger charge is -2.40. The van der Waals surface area contributed by atoms with Gasteiger partial charge in [-0.1, -0.05) is 115 Å². The lowest BCUT2D eigenvalue weighted by molar-refractivity contribution is -0.151. The lowest BCUT2D eigenvalue weighted by Crippen LogP contribution is -2.64. The third-order valence-electron chi connectivity index (χ3n) is 15.8. The molecule has 4 aliphatic rings. The Bertz CT molecular complexity index is 3210. The normalized spacial score (nSPS) is 23.0. The molecule has 82 heavy (non-hydrogen) atoms. The average molecular weight is 1110 g/mol. The van der Waals surface area contributed by atoms with Gasteiger partial charge in [0.1, 0.15) is 54.7 Å². The summed E-state index contributed by atoms with van der Waals surface area (Å²) < 4.78 is 11.9. The first-order valence-electron chi connectivity index (χ1n) is 28.3. The first kappa shape index (κ1) is 56.7. The summed E-state index contributed by atoms with van der Waals surface area (Å²) in [7, 11) is 0. The molecule has 1 aromatic heterocycles. The molecule has 0 saturated carbocycles. The van der Waals surface area contributed by atoms with Crippen LogP contribution in [0.4, 0.5) is 4.79 Å². The Hall–Kier alpha value is -8.59. The minimum Gasteiger partial charge on any atom is -0.489 e. The predicted octanol–water partition coefficient (Wildman–Crippen LogP) is 2.63. The fraction of sp³-hybridized carbons (Fsp3) is 0.371. The standard InChI is InChI=1S/C62H71N11O9/c63-25-26-65-62(80)82-47-34-54-59(77)67-50(24-21-40-11-3-1-4-12-40)56(74)68-51(32-45-35-66-49-18-10-9-17-48(45)49)57(75)70-53(38-71-29-27-64-28-30-71)58(76)69-52(31-41-19-22-46(23-20-41)81-39-42-13-5-2-6-14-42)60(78)72-36-44-16-8-7-15-43(44)33-55(72)61(79)73(54)37-47/h1-20,22-23,35,47,50-55,64,66H,21,24-34,36-39,63H2,(H,65,80)(H,67,77)(H,68,74)(H,69,76)(H,70,75)/t47-,50-,51+,52+,53+,54+,55+/m1/s1. The van der Waals surface area contributed by atoms with Crippen LogP contribution in [0.3, 0.4) is 0 Å². The number of hydrogen-bond acceptors (Lipinski definition) is 12. The highest BCUT2D eigenvalue weighted by Gasteiger charge is 2.48. The van der Waals surface area contributed by atoms with E-state index in [-0.39, 0.29) is 64.8 Å². The number of fused-ring (bicyclic) bond motifs is 4. The zero-order chi connectivity index (χ0) is 57.0. The number of nitrogens with one attached hydrogen (secondary N) is 7. The molecule has 0 aliphatic carbocycles. The van der Waals surface area contributed by atoms with Crippen molar-refractivity contribution in [2.75, 3.05) is 52.4 Å². The molecule has 0 radical (unpaired) electrons. The summed E-state index contributed by atoms with van der Waals surface area (Å²) in [6.45, 7) is 2.85. The maximum atomic E-state index is 15.8. The molecular weight excluding hydrogens is 1040 g/mol. The fourth-order valence-corrected chi connectivity index (χ4v) is 11.4. The van der Waals surface area contributed by atoms with E-state index in [1.165, 1.54) is 9.80 Å². The molecule has 5 aromatic carbocycles. The van der Waals surface area contributed by atoms with E-state index in [4.69, 9.17) is 15.2 Å². The Labute approximate surface area is 476 Å². The highest BCUT2D eigenvalue weighted by Crippen LogP contribution is 2.30. The van der Waals surface area contributed by atoms with Crippen LogP contribution >= 0.6 is 0 Å². The van der Waals surface area contributed by atoms with Crippen molar-refractivity contribution < 1.29 is 43.0 Å². The van der Waals surface area contributed by atoms with Crippen LogP contribution in [-0.4, -0.2) is 156 Å². The molecule has 10 rings (SSSR count). The van der Waals surface area contributed by atoms with Crippen molar-refractivity contribution in [2.24, 2.45) is 5.73 Å². The van der Waals surface area contributed by atoms with Gasteiger partial charge in [0.05, 0.1) is 6.54 Å². The number of H-pyrrole nitrogens is 1. The second-order valence-corrected chi connectivity index (χ2v) is 21.4. The summed E-state index contributed by atoms with van der Waals surface area (Å²) in [5.41, 5.74) is 11.3. The van der Waals surface area contributed by atoms with Crippen LogP contribution in [0.2, 0.25) is 0 Å². The maximum absolute atomic E-state index is 15.8. The molecule has 6 aromatic rings. The summed E-state index contributed by atoms with van der Waals surface area (Å²) in [6.07, 6.45) is 0.329. The minimum atomic E-state index is -1.29. The summed E-state index contributed by atoms with van der Waals surface area (Å²) in [5.74, 6) is -3.24. The molecule has 4 aliphatic heterocycles. The zero-order valence-corrected chi connectivity index (χ0v) is 45.7. The molecule has 9 N–H and O–H groups in total. The minimum absolute atomic E-state index is 0.0109. The van der Waals surface area contributed by atoms with Gasteiger partial charge in [0.2, 0.25) is 35.4 Å². The van der Waals surface area contributed by atoms with Crippen LogP contribution in [0.1, 0.15) is 46.2 Å². The van der Waals surface area contributed by atoms with Crippen LogP contribution in [0.15, 0.2) is 140 Å². The highest BCUT2D eigenvalue weighted by molar-refractivity contribution is 5.99. The number of piperazine rings is 1. The van der Waals surface area contributed by atoms with E-state index in [1.54, 1.807) is 18.3 Å². The third kappa shape index (κ3) is 14.1. The van der Waals surface area contributed by atoms with Crippen molar-refractivity contribution in [3.05, 3.63) is 173 Å². The SMILES string of the molecule is NCCNC(=O)O[C@@H]1C[C@H]2C(=O)N[C@H](CCc3ccccc3)C(=O)N[C@@H](Cc3c[nH]c4ccccc34)C(=O)N[C@@H](CN3CCNCC3)C(=O)N[C@@H](Cc3ccc(OCc4ccccc4)cc3)C(=O)N3Cc4ccccc4C[C@H]3C(=O)N2C1. The van der Waals surface area contributed by atoms with Gasteiger partial charge in [-0.15, -0.1) is 0 Å². The molecular formula is C62H71N11O9. The number of hydrogen-bond donors (Lipinski definition) is 8. The number of alkyl carbamates (subject to hydrolysis) is 1. The number of aromatic nitrogens is 1. The van der Waals surface area contributed by atoms with Gasteiger partial charge in [0.25, 0.3) is 0 Å². The van der Waals surface area contributed by atoms with Crippen LogP contribution in [0.25, 0.3) is 10.9 Å². The number of nitrogens with two attached hydrogens (primary N) is 1. The molecule has 5 heterocycles. The number of rotatable bonds is 15. The number of benzene rings is 5. The number of para-hydroxylation sites is 1. The van der Waals surface area contributed by atoms with Crippen molar-refractivity contribution in [1.82, 2.24) is 51.6 Å². The molecule has 3 saturated heterocycles. The number of ether oxygens (including phenoxy) is 2. The molecule has 7 atom stereocenters. The van der Waals surface area contributed by atoms with Gasteiger partial charge in [0.15, 0.2) is 0 Å². The molecule has 0 unspecified atom stereocenters. The van der Waals surface area contributed by atoms with Gasteiger partial charge in [-0.25, -0.2) is 4.79 Å². The molecule has 0 spiro atoms. The first-order valence-corrected chi connectivity index (χ1v) is 28.3. The van der Waals surface area contributed by atoms with Crippen molar-refractivity contribution >= 4 is 52.4 Å². The Morgan fingerprint density at radius 3 is 2.02 bits per heavy atom. The summed E-state index contributed by atoms with van der Waals surface area (Å²) >= 11 is 0. The zero-order valence-electron chi connectivity index (χ0n) is 45.7. The van der Waals surface area contributed by atoms with Gasteiger partial charge < -0.3 is 61.9 Å². The fourth-order valence-electron chi connectivity index (χ4n) is 11.4. The number of nitrogens with zero attached hydrogens (tertiary/aromatic N) is 3. The van der Waals surface area contributed by atoms with E-state index < -0.39 is 83.9 Å². The number of carbonyl (C=O) groups is 7. The van der Waals surface area contributed by atoms with Crippen molar-refractivity contribution in [1.29, 1.82) is 0 Å². The van der Waals surface area contributed by atoms with Crippen molar-refractivity contribution in [3.8, 4) is 5.75 Å². The molecule has 0 bridgehead atoms. The average Bonchev–Trinajstić information content (AvgIpc) is 4.30. The van der Waals surface area contributed by atoms with Crippen molar-refractivity contribution in [2.45, 2.75) is 94.0 Å². The molecule has 20 heteroatoms. The van der Waals surface area contributed by atoms with Crippen LogP contribution in [0, 0.1) is 0 Å². The largest absolute Gasteiger partial charge is 0.489 e. The van der Waals surface area contributed by atoms with Gasteiger partial charge in [0, 0.05) is 95.1 Å². The molecule has 3 fully saturated rings. The third-order valence-corrected chi connectivity index (χ3v) is 15.8. The molecule has 7 amide bonds. The summed E-state index contributed by atoms with van der Waals surface area (Å²) in [4.78, 5) is 114. The van der Waals surface area contributed by atoms with E-state index in [0.717, 1.165) is 33.2 Å². The number of amides is 7. The Balaban J connectivity index is 1.05. The molecule has 20 nitrogen and oxygen atoms in total. The Morgan fingerprint density at radius 1 is 0.622 bits per heavy atom.